The highest BCUT2D eigenvalue weighted by Gasteiger charge is 2.30. The molecule has 164 valence electrons. The largest absolute Gasteiger partial charge is 0.439 e. The van der Waals surface area contributed by atoms with Gasteiger partial charge in [0.1, 0.15) is 17.3 Å². The molecule has 10 heteroatoms. The third-order valence-corrected chi connectivity index (χ3v) is 4.76. The van der Waals surface area contributed by atoms with Crippen molar-refractivity contribution in [2.24, 2.45) is 0 Å². The number of rotatable bonds is 7. The Hall–Kier alpha value is -2.81. The maximum Gasteiger partial charge on any atom is 0.417 e. The highest BCUT2D eigenvalue weighted by atomic mass is 35.5. The van der Waals surface area contributed by atoms with Crippen LogP contribution in [0.15, 0.2) is 42.6 Å². The molecule has 0 radical (unpaired) electrons. The highest BCUT2D eigenvalue weighted by molar-refractivity contribution is 6.31. The second kappa shape index (κ2) is 9.55. The fourth-order valence-corrected chi connectivity index (χ4v) is 3.13. The fraction of sp³-hybridized carbons (Fsp3) is 0.286. The summed E-state index contributed by atoms with van der Waals surface area (Å²) < 4.78 is 69.2. The van der Waals surface area contributed by atoms with Gasteiger partial charge in [-0.2, -0.15) is 13.2 Å². The summed E-state index contributed by atoms with van der Waals surface area (Å²) in [6.07, 6.45) is -4.83. The van der Waals surface area contributed by atoms with Crippen LogP contribution in [0, 0.1) is 6.92 Å². The first-order valence-electron chi connectivity index (χ1n) is 9.24. The normalized spacial score (nSPS) is 11.7. The van der Waals surface area contributed by atoms with Gasteiger partial charge in [-0.1, -0.05) is 23.7 Å². The third kappa shape index (κ3) is 6.10. The van der Waals surface area contributed by atoms with E-state index >= 15 is 0 Å². The lowest BCUT2D eigenvalue weighted by Gasteiger charge is -2.10. The van der Waals surface area contributed by atoms with Crippen LogP contribution >= 0.6 is 11.6 Å². The summed E-state index contributed by atoms with van der Waals surface area (Å²) in [5, 5.41) is -0.103. The summed E-state index contributed by atoms with van der Waals surface area (Å²) >= 11 is 6.00. The topological polar surface area (TPSA) is 47.9 Å². The molecule has 31 heavy (non-hydrogen) atoms. The lowest BCUT2D eigenvalue weighted by molar-refractivity contribution is -0.137. The zero-order valence-electron chi connectivity index (χ0n) is 16.3. The van der Waals surface area contributed by atoms with E-state index < -0.39 is 23.9 Å². The van der Waals surface area contributed by atoms with E-state index in [0.717, 1.165) is 17.7 Å². The Morgan fingerprint density at radius 3 is 2.29 bits per heavy atom. The molecule has 2 aromatic heterocycles. The summed E-state index contributed by atoms with van der Waals surface area (Å²) in [6.45, 7) is 1.54. The second-order valence-electron chi connectivity index (χ2n) is 6.70. The number of benzene rings is 1. The number of pyridine rings is 1. The SMILES string of the molecule is Cc1nc(CCCc2ccc(Oc3ccc(C(F)(F)F)cn3)cc2)c(Cl)c(C(F)F)n1. The van der Waals surface area contributed by atoms with Crippen molar-refractivity contribution in [2.75, 3.05) is 0 Å². The van der Waals surface area contributed by atoms with E-state index in [1.54, 1.807) is 24.3 Å². The predicted molar refractivity (Wildman–Crippen MR) is 105 cm³/mol. The number of aryl methyl sites for hydroxylation is 3. The van der Waals surface area contributed by atoms with Crippen molar-refractivity contribution in [3.05, 3.63) is 76.0 Å². The maximum atomic E-state index is 13.0. The Morgan fingerprint density at radius 2 is 1.71 bits per heavy atom. The average molecular weight is 458 g/mol. The van der Waals surface area contributed by atoms with Crippen molar-refractivity contribution >= 4 is 11.6 Å². The molecule has 0 atom stereocenters. The molecule has 0 fully saturated rings. The fourth-order valence-electron chi connectivity index (χ4n) is 2.86. The molecule has 0 amide bonds. The van der Waals surface area contributed by atoms with Crippen molar-refractivity contribution in [1.82, 2.24) is 15.0 Å². The average Bonchev–Trinajstić information content (AvgIpc) is 2.71. The second-order valence-corrected chi connectivity index (χ2v) is 7.08. The first kappa shape index (κ1) is 22.9. The van der Waals surface area contributed by atoms with Gasteiger partial charge in [0.15, 0.2) is 0 Å². The number of halogens is 6. The number of alkyl halides is 5. The van der Waals surface area contributed by atoms with Crippen LogP contribution in [-0.2, 0) is 19.0 Å². The smallest absolute Gasteiger partial charge is 0.417 e. The molecule has 0 unspecified atom stereocenters. The monoisotopic (exact) mass is 457 g/mol. The van der Waals surface area contributed by atoms with Crippen LogP contribution in [0.25, 0.3) is 0 Å². The molecule has 2 heterocycles. The quantitative estimate of drug-likeness (QED) is 0.368. The van der Waals surface area contributed by atoms with Gasteiger partial charge in [-0.25, -0.2) is 23.7 Å². The van der Waals surface area contributed by atoms with Gasteiger partial charge in [0.2, 0.25) is 5.88 Å². The summed E-state index contributed by atoms with van der Waals surface area (Å²) in [7, 11) is 0. The van der Waals surface area contributed by atoms with Gasteiger partial charge in [0, 0.05) is 12.3 Å². The van der Waals surface area contributed by atoms with Gasteiger partial charge >= 0.3 is 6.18 Å². The lowest BCUT2D eigenvalue weighted by Crippen LogP contribution is -2.05. The van der Waals surface area contributed by atoms with Crippen LogP contribution in [0.4, 0.5) is 22.0 Å². The number of ether oxygens (including phenoxy) is 1. The van der Waals surface area contributed by atoms with E-state index in [9.17, 15) is 22.0 Å². The Morgan fingerprint density at radius 1 is 1.00 bits per heavy atom. The number of nitrogens with zero attached hydrogens (tertiary/aromatic N) is 3. The van der Waals surface area contributed by atoms with Gasteiger partial charge in [0.25, 0.3) is 6.43 Å². The highest BCUT2D eigenvalue weighted by Crippen LogP contribution is 2.30. The van der Waals surface area contributed by atoms with E-state index in [2.05, 4.69) is 15.0 Å². The van der Waals surface area contributed by atoms with Gasteiger partial charge in [-0.3, -0.25) is 0 Å². The molecule has 1 aromatic carbocycles. The van der Waals surface area contributed by atoms with Crippen LogP contribution in [-0.4, -0.2) is 15.0 Å². The van der Waals surface area contributed by atoms with Gasteiger partial charge in [-0.15, -0.1) is 0 Å². The van der Waals surface area contributed by atoms with Crippen LogP contribution in [0.3, 0.4) is 0 Å². The first-order valence-corrected chi connectivity index (χ1v) is 9.62. The van der Waals surface area contributed by atoms with Gasteiger partial charge < -0.3 is 4.74 Å². The molecule has 0 spiro atoms. The molecule has 0 saturated heterocycles. The number of hydrogen-bond donors (Lipinski definition) is 0. The van der Waals surface area contributed by atoms with E-state index in [1.165, 1.54) is 6.92 Å². The van der Waals surface area contributed by atoms with Crippen LogP contribution in [0.2, 0.25) is 5.02 Å². The van der Waals surface area contributed by atoms with E-state index in [-0.39, 0.29) is 16.7 Å². The summed E-state index contributed by atoms with van der Waals surface area (Å²) in [4.78, 5) is 11.5. The van der Waals surface area contributed by atoms with Crippen LogP contribution < -0.4 is 4.74 Å². The molecule has 4 nitrogen and oxygen atoms in total. The van der Waals surface area contributed by atoms with Gasteiger partial charge in [-0.05, 0) is 49.9 Å². The minimum atomic E-state index is -4.46. The number of aromatic nitrogens is 3. The van der Waals surface area contributed by atoms with E-state index in [0.29, 0.717) is 36.9 Å². The van der Waals surface area contributed by atoms with E-state index in [1.807, 2.05) is 0 Å². The summed E-state index contributed by atoms with van der Waals surface area (Å²) in [5.74, 6) is 0.712. The molecule has 3 aromatic rings. The maximum absolute atomic E-state index is 13.0. The molecular weight excluding hydrogens is 441 g/mol. The number of hydrogen-bond acceptors (Lipinski definition) is 4. The standard InChI is InChI=1S/C21H17ClF5N3O/c1-12-29-16(18(22)19(30-12)20(23)24)4-2-3-13-5-8-15(9-6-13)31-17-10-7-14(11-28-17)21(25,26)27/h5-11,20H,2-4H2,1H3. The van der Waals surface area contributed by atoms with Gasteiger partial charge in [0.05, 0.1) is 16.3 Å². The molecule has 3 rings (SSSR count). The lowest BCUT2D eigenvalue weighted by atomic mass is 10.1. The van der Waals surface area contributed by atoms with Crippen LogP contribution in [0.5, 0.6) is 11.6 Å². The molecule has 0 saturated carbocycles. The molecular formula is C21H17ClF5N3O. The molecule has 0 bridgehead atoms. The van der Waals surface area contributed by atoms with Crippen molar-refractivity contribution in [2.45, 2.75) is 38.8 Å². The Bertz CT molecular complexity index is 1020. The van der Waals surface area contributed by atoms with Crippen LogP contribution in [0.1, 0.15) is 41.2 Å². The Labute approximate surface area is 180 Å². The Kier molecular flexibility index (Phi) is 7.04. The molecule has 0 N–H and O–H groups in total. The van der Waals surface area contributed by atoms with Crippen molar-refractivity contribution < 1.29 is 26.7 Å². The zero-order chi connectivity index (χ0) is 22.6. The third-order valence-electron chi connectivity index (χ3n) is 4.35. The minimum Gasteiger partial charge on any atom is -0.439 e. The summed E-state index contributed by atoms with van der Waals surface area (Å²) in [6, 6.07) is 9.00. The van der Waals surface area contributed by atoms with Crippen molar-refractivity contribution in [1.29, 1.82) is 0 Å². The minimum absolute atomic E-state index is 0.0457. The Balaban J connectivity index is 1.57. The predicted octanol–water partition coefficient (Wildman–Crippen LogP) is 6.76. The zero-order valence-corrected chi connectivity index (χ0v) is 17.0. The first-order chi connectivity index (χ1) is 14.6. The van der Waals surface area contributed by atoms with Crippen molar-refractivity contribution in [3.8, 4) is 11.6 Å². The summed E-state index contributed by atoms with van der Waals surface area (Å²) in [5.41, 5.74) is 0.0407. The van der Waals surface area contributed by atoms with E-state index in [4.69, 9.17) is 16.3 Å². The molecule has 0 aliphatic rings. The molecule has 0 aliphatic carbocycles. The molecule has 0 aliphatic heterocycles. The van der Waals surface area contributed by atoms with Crippen molar-refractivity contribution in [3.63, 3.8) is 0 Å².